The molecule has 0 rings (SSSR count). The number of hydrogen-bond donors (Lipinski definition) is 1. The van der Waals surface area contributed by atoms with Crippen LogP contribution in [0.2, 0.25) is 0 Å². The number of esters is 2. The lowest BCUT2D eigenvalue weighted by atomic mass is 10.1. The predicted molar refractivity (Wildman–Crippen MR) is 243 cm³/mol. The standard InChI is InChI=1S/C50H89NO7/c1-6-8-10-12-14-16-18-20-22-24-25-27-29-31-33-35-37-39-41-49(53)58-46(44-56-43-42-47(50(54)55)51(3,4)5)45-57-48(52)40-38-36-34-32-30-28-26-23-21-19-17-15-13-11-9-7-2/h18,20,22-27,46-47H,6-17,19,21,28-45H2,1-5H3/p+1/b20-18+,24-22+,26-23+,27-25+. The van der Waals surface area contributed by atoms with Gasteiger partial charge in [0.2, 0.25) is 0 Å². The van der Waals surface area contributed by atoms with Crippen LogP contribution in [0.25, 0.3) is 0 Å². The van der Waals surface area contributed by atoms with Crippen molar-refractivity contribution in [2.45, 2.75) is 212 Å². The van der Waals surface area contributed by atoms with Gasteiger partial charge < -0.3 is 23.8 Å². The highest BCUT2D eigenvalue weighted by Gasteiger charge is 2.31. The molecule has 8 heteroatoms. The molecule has 8 nitrogen and oxygen atoms in total. The van der Waals surface area contributed by atoms with Crippen LogP contribution >= 0.6 is 0 Å². The molecule has 0 fully saturated rings. The zero-order valence-electron chi connectivity index (χ0n) is 38.2. The molecule has 0 heterocycles. The number of rotatable bonds is 42. The molecule has 0 bridgehead atoms. The number of hydrogen-bond acceptors (Lipinski definition) is 6. The van der Waals surface area contributed by atoms with Crippen LogP contribution in [0.1, 0.15) is 200 Å². The number of carboxylic acids is 1. The molecular formula is C50H90NO7+. The molecule has 0 saturated heterocycles. The number of carbonyl (C=O) groups is 3. The molecule has 336 valence electrons. The number of likely N-dealkylation sites (N-methyl/N-ethyl adjacent to an activating group) is 1. The smallest absolute Gasteiger partial charge is 0.362 e. The Morgan fingerprint density at radius 2 is 0.931 bits per heavy atom. The molecule has 58 heavy (non-hydrogen) atoms. The van der Waals surface area contributed by atoms with E-state index in [0.29, 0.717) is 19.3 Å². The van der Waals surface area contributed by atoms with Crippen molar-refractivity contribution in [2.24, 2.45) is 0 Å². The normalized spacial score (nSPS) is 13.3. The van der Waals surface area contributed by atoms with Crippen LogP contribution in [0.15, 0.2) is 48.6 Å². The number of carbonyl (C=O) groups excluding carboxylic acids is 2. The first-order chi connectivity index (χ1) is 28.1. The fourth-order valence-corrected chi connectivity index (χ4v) is 6.79. The first kappa shape index (κ1) is 55.3. The highest BCUT2D eigenvalue weighted by molar-refractivity contribution is 5.72. The van der Waals surface area contributed by atoms with E-state index in [1.807, 2.05) is 21.1 Å². The van der Waals surface area contributed by atoms with Crippen molar-refractivity contribution < 1.29 is 38.2 Å². The van der Waals surface area contributed by atoms with Crippen LogP contribution in [0.3, 0.4) is 0 Å². The van der Waals surface area contributed by atoms with Crippen molar-refractivity contribution in [3.8, 4) is 0 Å². The van der Waals surface area contributed by atoms with Crippen LogP contribution in [0.5, 0.6) is 0 Å². The molecule has 0 aliphatic rings. The molecule has 0 aliphatic carbocycles. The third-order valence-corrected chi connectivity index (χ3v) is 10.5. The van der Waals surface area contributed by atoms with E-state index in [-0.39, 0.29) is 36.2 Å². The SMILES string of the molecule is CCCCCCC/C=C/C=C/C=C/CCCCCCCC(=O)OC(COCCC(C(=O)O)[N+](C)(C)C)COC(=O)CCCCCCC/C=C/CCCCCCCCC. The van der Waals surface area contributed by atoms with E-state index in [1.165, 1.54) is 89.9 Å². The number of ether oxygens (including phenoxy) is 3. The Balaban J connectivity index is 4.37. The second kappa shape index (κ2) is 41.0. The molecule has 0 aliphatic heterocycles. The van der Waals surface area contributed by atoms with Crippen molar-refractivity contribution >= 4 is 17.9 Å². The van der Waals surface area contributed by atoms with E-state index in [4.69, 9.17) is 14.2 Å². The summed E-state index contributed by atoms with van der Waals surface area (Å²) >= 11 is 0. The fourth-order valence-electron chi connectivity index (χ4n) is 6.79. The van der Waals surface area contributed by atoms with E-state index in [9.17, 15) is 19.5 Å². The molecule has 1 N–H and O–H groups in total. The fraction of sp³-hybridized carbons (Fsp3) is 0.780. The summed E-state index contributed by atoms with van der Waals surface area (Å²) in [6, 6.07) is -0.621. The maximum absolute atomic E-state index is 12.7. The molecule has 0 aromatic heterocycles. The maximum Gasteiger partial charge on any atom is 0.362 e. The van der Waals surface area contributed by atoms with Crippen LogP contribution in [0, 0.1) is 0 Å². The Morgan fingerprint density at radius 3 is 1.38 bits per heavy atom. The zero-order chi connectivity index (χ0) is 42.8. The molecule has 0 saturated carbocycles. The van der Waals surface area contributed by atoms with E-state index < -0.39 is 18.1 Å². The largest absolute Gasteiger partial charge is 0.477 e. The summed E-state index contributed by atoms with van der Waals surface area (Å²) < 4.78 is 17.3. The minimum absolute atomic E-state index is 0.0497. The third-order valence-electron chi connectivity index (χ3n) is 10.5. The maximum atomic E-state index is 12.7. The topological polar surface area (TPSA) is 99.1 Å². The van der Waals surface area contributed by atoms with Crippen molar-refractivity contribution in [1.82, 2.24) is 0 Å². The Bertz CT molecular complexity index is 1090. The lowest BCUT2D eigenvalue weighted by molar-refractivity contribution is -0.887. The van der Waals surface area contributed by atoms with Gasteiger partial charge in [0.25, 0.3) is 0 Å². The van der Waals surface area contributed by atoms with Gasteiger partial charge in [-0.15, -0.1) is 0 Å². The molecule has 0 amide bonds. The number of unbranched alkanes of at least 4 members (excludes halogenated alkanes) is 22. The highest BCUT2D eigenvalue weighted by Crippen LogP contribution is 2.14. The second-order valence-electron chi connectivity index (χ2n) is 17.1. The quantitative estimate of drug-likeness (QED) is 0.0215. The summed E-state index contributed by atoms with van der Waals surface area (Å²) in [5.74, 6) is -1.50. The number of quaternary nitrogens is 1. The average molecular weight is 817 g/mol. The Hall–Kier alpha value is -2.71. The van der Waals surface area contributed by atoms with Crippen LogP contribution in [0.4, 0.5) is 0 Å². The number of allylic oxidation sites excluding steroid dienone is 8. The van der Waals surface area contributed by atoms with Gasteiger partial charge in [-0.05, 0) is 64.2 Å². The predicted octanol–water partition coefficient (Wildman–Crippen LogP) is 13.2. The van der Waals surface area contributed by atoms with E-state index >= 15 is 0 Å². The summed E-state index contributed by atoms with van der Waals surface area (Å²) in [7, 11) is 5.52. The Kier molecular flexibility index (Phi) is 39.1. The Labute approximate surface area is 356 Å². The monoisotopic (exact) mass is 817 g/mol. The molecular weight excluding hydrogens is 727 g/mol. The Morgan fingerprint density at radius 1 is 0.517 bits per heavy atom. The highest BCUT2D eigenvalue weighted by atomic mass is 16.6. The minimum atomic E-state index is -0.880. The van der Waals surface area contributed by atoms with Crippen LogP contribution in [-0.2, 0) is 28.6 Å². The van der Waals surface area contributed by atoms with E-state index in [0.717, 1.165) is 77.0 Å². The van der Waals surface area contributed by atoms with Crippen molar-refractivity contribution in [1.29, 1.82) is 0 Å². The van der Waals surface area contributed by atoms with Gasteiger partial charge in [-0.1, -0.05) is 165 Å². The molecule has 2 unspecified atom stereocenters. The minimum Gasteiger partial charge on any atom is -0.477 e. The lowest BCUT2D eigenvalue weighted by Crippen LogP contribution is -2.50. The average Bonchev–Trinajstić information content (AvgIpc) is 3.18. The van der Waals surface area contributed by atoms with Gasteiger partial charge in [-0.3, -0.25) is 9.59 Å². The van der Waals surface area contributed by atoms with Gasteiger partial charge >= 0.3 is 17.9 Å². The third kappa shape index (κ3) is 38.8. The first-order valence-corrected chi connectivity index (χ1v) is 23.7. The van der Waals surface area contributed by atoms with Gasteiger partial charge in [0.1, 0.15) is 6.61 Å². The molecule has 0 aromatic carbocycles. The summed E-state index contributed by atoms with van der Waals surface area (Å²) in [6.07, 6.45) is 48.6. The van der Waals surface area contributed by atoms with Crippen LogP contribution < -0.4 is 0 Å². The van der Waals surface area contributed by atoms with E-state index in [2.05, 4.69) is 62.5 Å². The van der Waals surface area contributed by atoms with Crippen molar-refractivity contribution in [3.05, 3.63) is 48.6 Å². The molecule has 0 spiro atoms. The molecule has 2 atom stereocenters. The van der Waals surface area contributed by atoms with Crippen LogP contribution in [-0.4, -0.2) is 80.6 Å². The zero-order valence-corrected chi connectivity index (χ0v) is 38.2. The van der Waals surface area contributed by atoms with Crippen molar-refractivity contribution in [3.63, 3.8) is 0 Å². The summed E-state index contributed by atoms with van der Waals surface area (Å²) in [5, 5.41) is 9.63. The number of nitrogens with zero attached hydrogens (tertiary/aromatic N) is 1. The number of carboxylic acid groups (broad SMARTS) is 1. The first-order valence-electron chi connectivity index (χ1n) is 23.7. The van der Waals surface area contributed by atoms with Gasteiger partial charge in [0, 0.05) is 19.3 Å². The molecule has 0 aromatic rings. The summed E-state index contributed by atoms with van der Waals surface area (Å²) in [6.45, 7) is 4.69. The van der Waals surface area contributed by atoms with Gasteiger partial charge in [-0.2, -0.15) is 0 Å². The summed E-state index contributed by atoms with van der Waals surface area (Å²) in [4.78, 5) is 37.0. The van der Waals surface area contributed by atoms with Crippen molar-refractivity contribution in [2.75, 3.05) is 41.0 Å². The van der Waals surface area contributed by atoms with Gasteiger partial charge in [-0.25, -0.2) is 4.79 Å². The summed E-state index contributed by atoms with van der Waals surface area (Å²) in [5.41, 5.74) is 0. The molecule has 0 radical (unpaired) electrons. The van der Waals surface area contributed by atoms with E-state index in [1.54, 1.807) is 0 Å². The second-order valence-corrected chi connectivity index (χ2v) is 17.1. The lowest BCUT2D eigenvalue weighted by Gasteiger charge is -2.31. The van der Waals surface area contributed by atoms with Gasteiger partial charge in [0.05, 0.1) is 34.4 Å². The number of aliphatic carboxylic acids is 1. The van der Waals surface area contributed by atoms with Gasteiger partial charge in [0.15, 0.2) is 12.1 Å².